The third-order valence-electron chi connectivity index (χ3n) is 2.17. The minimum Gasteiger partial charge on any atom is -0.476 e. The van der Waals surface area contributed by atoms with Crippen molar-refractivity contribution in [3.05, 3.63) is 46.3 Å². The topological polar surface area (TPSA) is 75.1 Å². The summed E-state index contributed by atoms with van der Waals surface area (Å²) in [6.07, 6.45) is 2.68. The van der Waals surface area contributed by atoms with Crippen LogP contribution in [0.5, 0.6) is 0 Å². The van der Waals surface area contributed by atoms with E-state index in [-0.39, 0.29) is 5.69 Å². The zero-order valence-electron chi connectivity index (χ0n) is 9.51. The standard InChI is InChI=1S/C12H10BrN3O2/c1-7-2-8(13)4-9(3-7)15-11-6-14-5-10(16-11)12(17)18/h2-6H,1H3,(H,15,16)(H,17,18). The quantitative estimate of drug-likeness (QED) is 0.911. The lowest BCUT2D eigenvalue weighted by molar-refractivity contribution is 0.0690. The predicted molar refractivity (Wildman–Crippen MR) is 71.2 cm³/mol. The van der Waals surface area contributed by atoms with E-state index in [0.29, 0.717) is 5.82 Å². The number of carbonyl (C=O) groups is 1. The van der Waals surface area contributed by atoms with Gasteiger partial charge in [-0.25, -0.2) is 9.78 Å². The number of rotatable bonds is 3. The number of halogens is 1. The molecule has 0 unspecified atom stereocenters. The highest BCUT2D eigenvalue weighted by Crippen LogP contribution is 2.21. The van der Waals surface area contributed by atoms with Crippen LogP contribution in [0.25, 0.3) is 0 Å². The second-order valence-electron chi connectivity index (χ2n) is 3.74. The van der Waals surface area contributed by atoms with Crippen LogP contribution in [0.1, 0.15) is 16.1 Å². The van der Waals surface area contributed by atoms with Gasteiger partial charge in [0.1, 0.15) is 5.82 Å². The molecule has 0 radical (unpaired) electrons. The van der Waals surface area contributed by atoms with Gasteiger partial charge in [0.2, 0.25) is 0 Å². The van der Waals surface area contributed by atoms with E-state index in [1.807, 2.05) is 25.1 Å². The van der Waals surface area contributed by atoms with Crippen molar-refractivity contribution in [2.75, 3.05) is 5.32 Å². The van der Waals surface area contributed by atoms with Crippen LogP contribution < -0.4 is 5.32 Å². The predicted octanol–water partition coefficient (Wildman–Crippen LogP) is 2.99. The number of carboxylic acid groups (broad SMARTS) is 1. The number of nitrogens with zero attached hydrogens (tertiary/aromatic N) is 2. The van der Waals surface area contributed by atoms with Crippen LogP contribution in [0.2, 0.25) is 0 Å². The Balaban J connectivity index is 2.28. The van der Waals surface area contributed by atoms with Crippen molar-refractivity contribution >= 4 is 33.4 Å². The lowest BCUT2D eigenvalue weighted by Gasteiger charge is -2.07. The molecule has 0 aliphatic heterocycles. The maximum absolute atomic E-state index is 10.8. The van der Waals surface area contributed by atoms with Crippen LogP contribution in [0.15, 0.2) is 35.1 Å². The summed E-state index contributed by atoms with van der Waals surface area (Å²) < 4.78 is 0.937. The zero-order valence-corrected chi connectivity index (χ0v) is 11.1. The van der Waals surface area contributed by atoms with E-state index in [2.05, 4.69) is 31.2 Å². The largest absolute Gasteiger partial charge is 0.476 e. The van der Waals surface area contributed by atoms with Crippen LogP contribution in [-0.4, -0.2) is 21.0 Å². The van der Waals surface area contributed by atoms with Crippen molar-refractivity contribution in [1.29, 1.82) is 0 Å². The van der Waals surface area contributed by atoms with Gasteiger partial charge in [-0.15, -0.1) is 0 Å². The maximum Gasteiger partial charge on any atom is 0.356 e. The summed E-state index contributed by atoms with van der Waals surface area (Å²) in [5.41, 5.74) is 1.81. The molecule has 0 aliphatic rings. The van der Waals surface area contributed by atoms with Gasteiger partial charge in [0.05, 0.1) is 12.4 Å². The number of anilines is 2. The minimum absolute atomic E-state index is 0.0910. The van der Waals surface area contributed by atoms with E-state index in [1.165, 1.54) is 12.4 Å². The second kappa shape index (κ2) is 5.14. The van der Waals surface area contributed by atoms with Crippen molar-refractivity contribution < 1.29 is 9.90 Å². The normalized spacial score (nSPS) is 10.1. The smallest absolute Gasteiger partial charge is 0.356 e. The van der Waals surface area contributed by atoms with Gasteiger partial charge in [0, 0.05) is 10.2 Å². The minimum atomic E-state index is -1.10. The molecule has 2 aromatic rings. The molecule has 1 heterocycles. The first-order chi connectivity index (χ1) is 8.54. The summed E-state index contributed by atoms with van der Waals surface area (Å²) in [5.74, 6) is -0.705. The summed E-state index contributed by atoms with van der Waals surface area (Å²) in [5, 5.41) is 11.8. The van der Waals surface area contributed by atoms with Gasteiger partial charge in [-0.1, -0.05) is 15.9 Å². The van der Waals surface area contributed by atoms with Crippen LogP contribution in [0.3, 0.4) is 0 Å². The Kier molecular flexibility index (Phi) is 3.57. The molecule has 2 N–H and O–H groups in total. The van der Waals surface area contributed by atoms with E-state index in [9.17, 15) is 4.79 Å². The average Bonchev–Trinajstić information content (AvgIpc) is 2.27. The van der Waals surface area contributed by atoms with E-state index < -0.39 is 5.97 Å². The molecule has 0 fully saturated rings. The highest BCUT2D eigenvalue weighted by Gasteiger charge is 2.06. The fourth-order valence-corrected chi connectivity index (χ4v) is 2.09. The Morgan fingerprint density at radius 2 is 2.11 bits per heavy atom. The molecule has 0 spiro atoms. The molecule has 92 valence electrons. The Hall–Kier alpha value is -1.95. The first-order valence-corrected chi connectivity index (χ1v) is 5.93. The molecule has 18 heavy (non-hydrogen) atoms. The van der Waals surface area contributed by atoms with Gasteiger partial charge >= 0.3 is 5.97 Å². The van der Waals surface area contributed by atoms with E-state index in [4.69, 9.17) is 5.11 Å². The Morgan fingerprint density at radius 3 is 2.78 bits per heavy atom. The number of benzene rings is 1. The molecule has 0 aliphatic carbocycles. The van der Waals surface area contributed by atoms with Crippen LogP contribution in [-0.2, 0) is 0 Å². The fourth-order valence-electron chi connectivity index (χ4n) is 1.49. The summed E-state index contributed by atoms with van der Waals surface area (Å²) in [6, 6.07) is 5.78. The number of aryl methyl sites for hydroxylation is 1. The molecular formula is C12H10BrN3O2. The Bertz CT molecular complexity index is 581. The van der Waals surface area contributed by atoms with Crippen LogP contribution in [0.4, 0.5) is 11.5 Å². The molecule has 2 rings (SSSR count). The molecule has 0 saturated carbocycles. The lowest BCUT2D eigenvalue weighted by atomic mass is 10.2. The van der Waals surface area contributed by atoms with Crippen molar-refractivity contribution in [2.45, 2.75) is 6.92 Å². The summed E-state index contributed by atoms with van der Waals surface area (Å²) >= 11 is 3.39. The van der Waals surface area contributed by atoms with E-state index in [1.54, 1.807) is 0 Å². The highest BCUT2D eigenvalue weighted by molar-refractivity contribution is 9.10. The van der Waals surface area contributed by atoms with Crippen molar-refractivity contribution in [3.8, 4) is 0 Å². The van der Waals surface area contributed by atoms with Gasteiger partial charge in [0.15, 0.2) is 5.69 Å². The fraction of sp³-hybridized carbons (Fsp3) is 0.0833. The summed E-state index contributed by atoms with van der Waals surface area (Å²) in [4.78, 5) is 18.5. The Morgan fingerprint density at radius 1 is 1.33 bits per heavy atom. The van der Waals surface area contributed by atoms with E-state index in [0.717, 1.165) is 15.7 Å². The molecule has 6 heteroatoms. The second-order valence-corrected chi connectivity index (χ2v) is 4.65. The first-order valence-electron chi connectivity index (χ1n) is 5.14. The van der Waals surface area contributed by atoms with E-state index >= 15 is 0 Å². The Labute approximate surface area is 112 Å². The SMILES string of the molecule is Cc1cc(Br)cc(Nc2cncc(C(=O)O)n2)c1. The van der Waals surface area contributed by atoms with Gasteiger partial charge in [-0.3, -0.25) is 4.98 Å². The molecule has 5 nitrogen and oxygen atoms in total. The third-order valence-corrected chi connectivity index (χ3v) is 2.63. The summed E-state index contributed by atoms with van der Waals surface area (Å²) in [7, 11) is 0. The third kappa shape index (κ3) is 3.04. The van der Waals surface area contributed by atoms with Crippen LogP contribution >= 0.6 is 15.9 Å². The molecule has 0 amide bonds. The number of hydrogen-bond donors (Lipinski definition) is 2. The number of carboxylic acids is 1. The molecule has 0 atom stereocenters. The highest BCUT2D eigenvalue weighted by atomic mass is 79.9. The molecule has 1 aromatic heterocycles. The van der Waals surface area contributed by atoms with Crippen LogP contribution in [0, 0.1) is 6.92 Å². The molecular weight excluding hydrogens is 298 g/mol. The molecule has 0 saturated heterocycles. The average molecular weight is 308 g/mol. The number of aromatic carboxylic acids is 1. The zero-order chi connectivity index (χ0) is 13.1. The molecule has 0 bridgehead atoms. The van der Waals surface area contributed by atoms with Gasteiger partial charge in [0.25, 0.3) is 0 Å². The van der Waals surface area contributed by atoms with Crippen molar-refractivity contribution in [3.63, 3.8) is 0 Å². The maximum atomic E-state index is 10.8. The monoisotopic (exact) mass is 307 g/mol. The number of aromatic nitrogens is 2. The van der Waals surface area contributed by atoms with Crippen molar-refractivity contribution in [1.82, 2.24) is 9.97 Å². The number of hydrogen-bond acceptors (Lipinski definition) is 4. The molecule has 1 aromatic carbocycles. The lowest BCUT2D eigenvalue weighted by Crippen LogP contribution is -2.04. The number of nitrogens with one attached hydrogen (secondary N) is 1. The summed E-state index contributed by atoms with van der Waals surface area (Å²) in [6.45, 7) is 1.97. The van der Waals surface area contributed by atoms with Gasteiger partial charge in [-0.05, 0) is 30.7 Å². The van der Waals surface area contributed by atoms with Gasteiger partial charge < -0.3 is 10.4 Å². The van der Waals surface area contributed by atoms with Gasteiger partial charge in [-0.2, -0.15) is 0 Å². The first kappa shape index (κ1) is 12.5. The van der Waals surface area contributed by atoms with Crippen molar-refractivity contribution in [2.24, 2.45) is 0 Å².